The lowest BCUT2D eigenvalue weighted by atomic mass is 10.3. The highest BCUT2D eigenvalue weighted by Gasteiger charge is 2.08. The third kappa shape index (κ3) is 5.03. The molecular formula is C18H19N3O4S2. The summed E-state index contributed by atoms with van der Waals surface area (Å²) in [5, 5.41) is 5.93. The molecule has 7 nitrogen and oxygen atoms in total. The van der Waals surface area contributed by atoms with Gasteiger partial charge in [0.1, 0.15) is 11.5 Å². The lowest BCUT2D eigenvalue weighted by Gasteiger charge is -2.09. The topological polar surface area (TPSA) is 96.4 Å². The first-order valence-electron chi connectivity index (χ1n) is 8.03. The van der Waals surface area contributed by atoms with Crippen LogP contribution in [-0.2, 0) is 10.0 Å². The summed E-state index contributed by atoms with van der Waals surface area (Å²) in [5.41, 5.74) is 0.996. The van der Waals surface area contributed by atoms with E-state index in [-0.39, 0.29) is 4.90 Å². The summed E-state index contributed by atoms with van der Waals surface area (Å²) in [5.74, 6) is 2.07. The lowest BCUT2D eigenvalue weighted by Crippen LogP contribution is -2.11. The Balaban J connectivity index is 1.55. The zero-order chi connectivity index (χ0) is 19.3. The number of thioether (sulfide) groups is 1. The quantitative estimate of drug-likeness (QED) is 0.457. The van der Waals surface area contributed by atoms with Gasteiger partial charge in [-0.15, -0.1) is 0 Å². The van der Waals surface area contributed by atoms with E-state index in [2.05, 4.69) is 4.98 Å². The number of nitrogens with zero attached hydrogens (tertiary/aromatic N) is 2. The Bertz CT molecular complexity index is 984. The van der Waals surface area contributed by atoms with E-state index in [0.717, 1.165) is 16.6 Å². The lowest BCUT2D eigenvalue weighted by molar-refractivity contribution is 0.343. The van der Waals surface area contributed by atoms with Gasteiger partial charge in [-0.3, -0.25) is 4.57 Å². The maximum atomic E-state index is 11.2. The average molecular weight is 406 g/mol. The number of hydrogen-bond donors (Lipinski definition) is 1. The highest BCUT2D eigenvalue weighted by molar-refractivity contribution is 7.99. The molecule has 0 spiro atoms. The maximum Gasteiger partial charge on any atom is 0.238 e. The first-order valence-corrected chi connectivity index (χ1v) is 10.6. The van der Waals surface area contributed by atoms with E-state index in [1.165, 1.54) is 12.1 Å². The van der Waals surface area contributed by atoms with Gasteiger partial charge in [0.15, 0.2) is 5.16 Å². The summed E-state index contributed by atoms with van der Waals surface area (Å²) in [6, 6.07) is 13.8. The van der Waals surface area contributed by atoms with Crippen molar-refractivity contribution < 1.29 is 17.9 Å². The van der Waals surface area contributed by atoms with E-state index in [0.29, 0.717) is 18.1 Å². The van der Waals surface area contributed by atoms with Crippen LogP contribution in [-0.4, -0.2) is 37.4 Å². The molecule has 0 aliphatic heterocycles. The van der Waals surface area contributed by atoms with Crippen molar-refractivity contribution >= 4 is 21.8 Å². The second-order valence-electron chi connectivity index (χ2n) is 5.49. The molecule has 0 saturated heterocycles. The summed E-state index contributed by atoms with van der Waals surface area (Å²) in [4.78, 5) is 4.44. The molecule has 0 amide bonds. The summed E-state index contributed by atoms with van der Waals surface area (Å²) in [6.07, 6.45) is 3.65. The minimum absolute atomic E-state index is 0.0609. The predicted octanol–water partition coefficient (Wildman–Crippen LogP) is 2.70. The van der Waals surface area contributed by atoms with Crippen molar-refractivity contribution in [1.29, 1.82) is 0 Å². The highest BCUT2D eigenvalue weighted by atomic mass is 32.2. The Morgan fingerprint density at radius 1 is 1.07 bits per heavy atom. The van der Waals surface area contributed by atoms with Crippen LogP contribution in [0.3, 0.4) is 0 Å². The Morgan fingerprint density at radius 3 is 2.37 bits per heavy atom. The molecule has 0 unspecified atom stereocenters. The van der Waals surface area contributed by atoms with Gasteiger partial charge in [0.2, 0.25) is 10.0 Å². The molecule has 3 rings (SSSR count). The summed E-state index contributed by atoms with van der Waals surface area (Å²) in [7, 11) is -2.05. The van der Waals surface area contributed by atoms with Crippen LogP contribution < -0.4 is 14.6 Å². The molecule has 9 heteroatoms. The minimum Gasteiger partial charge on any atom is -0.497 e. The maximum absolute atomic E-state index is 11.2. The second-order valence-corrected chi connectivity index (χ2v) is 8.11. The Kier molecular flexibility index (Phi) is 6.04. The minimum atomic E-state index is -3.69. The Morgan fingerprint density at radius 2 is 1.74 bits per heavy atom. The van der Waals surface area contributed by atoms with Crippen molar-refractivity contribution in [3.63, 3.8) is 0 Å². The van der Waals surface area contributed by atoms with E-state index in [1.54, 1.807) is 37.2 Å². The third-order valence-electron chi connectivity index (χ3n) is 3.69. The molecule has 3 aromatic rings. The van der Waals surface area contributed by atoms with Gasteiger partial charge in [-0.25, -0.2) is 18.5 Å². The van der Waals surface area contributed by atoms with Crippen LogP contribution in [0.1, 0.15) is 0 Å². The standard InChI is InChI=1S/C18H19N3O4S2/c1-24-15-4-2-14(3-5-15)21-11-10-20-18(21)26-13-12-25-16-6-8-17(9-7-16)27(19,22)23/h2-11H,12-13H2,1H3,(H2,19,22,23). The van der Waals surface area contributed by atoms with Gasteiger partial charge < -0.3 is 9.47 Å². The van der Waals surface area contributed by atoms with E-state index >= 15 is 0 Å². The molecule has 0 fully saturated rings. The number of imidazole rings is 1. The largest absolute Gasteiger partial charge is 0.497 e. The molecular weight excluding hydrogens is 386 g/mol. The molecule has 2 aromatic carbocycles. The predicted molar refractivity (Wildman–Crippen MR) is 104 cm³/mol. The number of benzene rings is 2. The van der Waals surface area contributed by atoms with E-state index in [9.17, 15) is 8.42 Å². The number of ether oxygens (including phenoxy) is 2. The summed E-state index contributed by atoms with van der Waals surface area (Å²) < 4.78 is 35.3. The number of primary sulfonamides is 1. The van der Waals surface area contributed by atoms with Crippen molar-refractivity contribution in [2.24, 2.45) is 5.14 Å². The summed E-state index contributed by atoms with van der Waals surface area (Å²) >= 11 is 1.56. The molecule has 1 heterocycles. The fourth-order valence-corrected chi connectivity index (χ4v) is 3.66. The molecule has 0 bridgehead atoms. The van der Waals surface area contributed by atoms with Crippen LogP contribution in [0.5, 0.6) is 11.5 Å². The van der Waals surface area contributed by atoms with Gasteiger partial charge in [0.05, 0.1) is 18.6 Å². The molecule has 0 aliphatic carbocycles. The van der Waals surface area contributed by atoms with Crippen LogP contribution in [0, 0.1) is 0 Å². The smallest absolute Gasteiger partial charge is 0.238 e. The van der Waals surface area contributed by atoms with Crippen LogP contribution >= 0.6 is 11.8 Å². The average Bonchev–Trinajstić information content (AvgIpc) is 3.13. The van der Waals surface area contributed by atoms with Gasteiger partial charge in [0.25, 0.3) is 0 Å². The monoisotopic (exact) mass is 405 g/mol. The normalized spacial score (nSPS) is 11.3. The molecule has 0 saturated carbocycles. The molecule has 27 heavy (non-hydrogen) atoms. The molecule has 2 N–H and O–H groups in total. The summed E-state index contributed by atoms with van der Waals surface area (Å²) in [6.45, 7) is 0.453. The zero-order valence-corrected chi connectivity index (χ0v) is 16.2. The number of hydrogen-bond acceptors (Lipinski definition) is 6. The second kappa shape index (κ2) is 8.47. The third-order valence-corrected chi connectivity index (χ3v) is 5.55. The van der Waals surface area contributed by atoms with Crippen LogP contribution in [0.25, 0.3) is 5.69 Å². The van der Waals surface area contributed by atoms with Crippen molar-refractivity contribution in [2.45, 2.75) is 10.1 Å². The van der Waals surface area contributed by atoms with Crippen molar-refractivity contribution in [2.75, 3.05) is 19.5 Å². The number of aromatic nitrogens is 2. The van der Waals surface area contributed by atoms with E-state index < -0.39 is 10.0 Å². The fraction of sp³-hybridized carbons (Fsp3) is 0.167. The highest BCUT2D eigenvalue weighted by Crippen LogP contribution is 2.22. The van der Waals surface area contributed by atoms with Crippen LogP contribution in [0.4, 0.5) is 0 Å². The van der Waals surface area contributed by atoms with Gasteiger partial charge in [-0.05, 0) is 48.5 Å². The van der Waals surface area contributed by atoms with Crippen molar-refractivity contribution in [3.8, 4) is 17.2 Å². The first kappa shape index (κ1) is 19.3. The van der Waals surface area contributed by atoms with E-state index in [4.69, 9.17) is 14.6 Å². The zero-order valence-electron chi connectivity index (χ0n) is 14.6. The van der Waals surface area contributed by atoms with Crippen molar-refractivity contribution in [1.82, 2.24) is 9.55 Å². The SMILES string of the molecule is COc1ccc(-n2ccnc2SCCOc2ccc(S(N)(=O)=O)cc2)cc1. The molecule has 142 valence electrons. The van der Waals surface area contributed by atoms with Gasteiger partial charge in [0, 0.05) is 23.8 Å². The van der Waals surface area contributed by atoms with Crippen molar-refractivity contribution in [3.05, 3.63) is 60.9 Å². The molecule has 0 atom stereocenters. The van der Waals surface area contributed by atoms with Crippen LogP contribution in [0.2, 0.25) is 0 Å². The number of rotatable bonds is 8. The molecule has 1 aromatic heterocycles. The molecule has 0 aliphatic rings. The number of nitrogens with two attached hydrogens (primary N) is 1. The fourth-order valence-electron chi connectivity index (χ4n) is 2.35. The number of methoxy groups -OCH3 is 1. The molecule has 0 radical (unpaired) electrons. The first-order chi connectivity index (χ1) is 13.0. The van der Waals surface area contributed by atoms with Crippen LogP contribution in [0.15, 0.2) is 71.0 Å². The van der Waals surface area contributed by atoms with Gasteiger partial charge in [-0.2, -0.15) is 0 Å². The Hall–Kier alpha value is -2.49. The van der Waals surface area contributed by atoms with Gasteiger partial charge >= 0.3 is 0 Å². The van der Waals surface area contributed by atoms with E-state index in [1.807, 2.05) is 35.0 Å². The Labute approximate surface area is 162 Å². The van der Waals surface area contributed by atoms with Gasteiger partial charge in [-0.1, -0.05) is 11.8 Å². The number of sulfonamides is 1.